The molecule has 1 aliphatic carbocycles. The molecule has 2 rings (SSSR count). The van der Waals surface area contributed by atoms with Gasteiger partial charge in [-0.3, -0.25) is 10.1 Å². The number of furan rings is 1. The SMILES string of the molecule is O=CC1([C@@H](C[N+](=O)[O-])c2ccco2)CCCCC1. The maximum atomic E-state index is 11.5. The summed E-state index contributed by atoms with van der Waals surface area (Å²) in [5.74, 6) is 0.112. The van der Waals surface area contributed by atoms with Crippen molar-refractivity contribution in [2.75, 3.05) is 6.54 Å². The maximum absolute atomic E-state index is 11.5. The van der Waals surface area contributed by atoms with E-state index in [1.54, 1.807) is 12.1 Å². The van der Waals surface area contributed by atoms with Gasteiger partial charge in [0.2, 0.25) is 6.54 Å². The molecule has 0 aliphatic heterocycles. The van der Waals surface area contributed by atoms with Crippen LogP contribution in [0.3, 0.4) is 0 Å². The normalized spacial score (nSPS) is 20.2. The maximum Gasteiger partial charge on any atom is 0.214 e. The fourth-order valence-electron chi connectivity index (χ4n) is 2.95. The van der Waals surface area contributed by atoms with Gasteiger partial charge in [0.15, 0.2) is 0 Å². The Labute approximate surface area is 105 Å². The lowest BCUT2D eigenvalue weighted by molar-refractivity contribution is -0.486. The van der Waals surface area contributed by atoms with Gasteiger partial charge in [-0.25, -0.2) is 0 Å². The van der Waals surface area contributed by atoms with Gasteiger partial charge in [0.1, 0.15) is 12.0 Å². The molecular weight excluding hydrogens is 234 g/mol. The Morgan fingerprint density at radius 2 is 2.17 bits per heavy atom. The predicted molar refractivity (Wildman–Crippen MR) is 64.9 cm³/mol. The number of hydrogen-bond donors (Lipinski definition) is 0. The summed E-state index contributed by atoms with van der Waals surface area (Å²) in [6.45, 7) is -0.244. The van der Waals surface area contributed by atoms with Crippen LogP contribution in [0.2, 0.25) is 0 Å². The first-order chi connectivity index (χ1) is 8.68. The van der Waals surface area contributed by atoms with Crippen LogP contribution in [0, 0.1) is 15.5 Å². The zero-order valence-electron chi connectivity index (χ0n) is 10.2. The highest BCUT2D eigenvalue weighted by Crippen LogP contribution is 2.46. The van der Waals surface area contributed by atoms with Crippen LogP contribution >= 0.6 is 0 Å². The second kappa shape index (κ2) is 5.33. The van der Waals surface area contributed by atoms with Gasteiger partial charge in [0.05, 0.1) is 12.2 Å². The van der Waals surface area contributed by atoms with E-state index in [9.17, 15) is 14.9 Å². The molecule has 5 heteroatoms. The van der Waals surface area contributed by atoms with Gasteiger partial charge in [0.25, 0.3) is 0 Å². The van der Waals surface area contributed by atoms with E-state index in [0.717, 1.165) is 38.4 Å². The van der Waals surface area contributed by atoms with Crippen LogP contribution in [-0.4, -0.2) is 17.8 Å². The molecule has 1 saturated carbocycles. The van der Waals surface area contributed by atoms with Gasteiger partial charge in [0, 0.05) is 10.3 Å². The molecule has 0 spiro atoms. The van der Waals surface area contributed by atoms with Crippen molar-refractivity contribution in [1.29, 1.82) is 0 Å². The van der Waals surface area contributed by atoms with Crippen LogP contribution in [0.15, 0.2) is 22.8 Å². The van der Waals surface area contributed by atoms with E-state index in [4.69, 9.17) is 4.42 Å². The number of carbonyl (C=O) groups is 1. The number of nitro groups is 1. The monoisotopic (exact) mass is 251 g/mol. The first-order valence-corrected chi connectivity index (χ1v) is 6.29. The Morgan fingerprint density at radius 1 is 1.44 bits per heavy atom. The predicted octanol–water partition coefficient (Wildman–Crippen LogP) is 2.79. The standard InChI is InChI=1S/C13H17NO4/c15-10-13(6-2-1-3-7-13)11(9-14(16)17)12-5-4-8-18-12/h4-5,8,10-11H,1-3,6-7,9H2/t11-/m0/s1. The summed E-state index contributed by atoms with van der Waals surface area (Å²) in [6.07, 6.45) is 6.86. The van der Waals surface area contributed by atoms with E-state index in [2.05, 4.69) is 0 Å². The summed E-state index contributed by atoms with van der Waals surface area (Å²) in [5.41, 5.74) is -0.622. The quantitative estimate of drug-likeness (QED) is 0.458. The smallest absolute Gasteiger partial charge is 0.214 e. The molecule has 1 fully saturated rings. The fraction of sp³-hybridized carbons (Fsp3) is 0.615. The zero-order chi connectivity index (χ0) is 13.0. The largest absolute Gasteiger partial charge is 0.469 e. The minimum Gasteiger partial charge on any atom is -0.469 e. The summed E-state index contributed by atoms with van der Waals surface area (Å²) in [4.78, 5) is 22.0. The number of nitrogens with zero attached hydrogens (tertiary/aromatic N) is 1. The summed E-state index contributed by atoms with van der Waals surface area (Å²) >= 11 is 0. The van der Waals surface area contributed by atoms with Gasteiger partial charge in [-0.15, -0.1) is 0 Å². The molecule has 0 unspecified atom stereocenters. The van der Waals surface area contributed by atoms with Gasteiger partial charge in [-0.1, -0.05) is 19.3 Å². The molecular formula is C13H17NO4. The second-order valence-corrected chi connectivity index (χ2v) is 4.99. The third kappa shape index (κ3) is 2.44. The molecule has 5 nitrogen and oxygen atoms in total. The van der Waals surface area contributed by atoms with E-state index in [1.807, 2.05) is 0 Å². The Kier molecular flexibility index (Phi) is 3.79. The van der Waals surface area contributed by atoms with Crippen LogP contribution < -0.4 is 0 Å². The van der Waals surface area contributed by atoms with Crippen molar-refractivity contribution in [3.8, 4) is 0 Å². The van der Waals surface area contributed by atoms with Gasteiger partial charge in [-0.2, -0.15) is 0 Å². The molecule has 1 aromatic heterocycles. The summed E-state index contributed by atoms with van der Waals surface area (Å²) < 4.78 is 5.31. The van der Waals surface area contributed by atoms with Gasteiger partial charge in [-0.05, 0) is 25.0 Å². The van der Waals surface area contributed by atoms with Crippen LogP contribution in [0.4, 0.5) is 0 Å². The Morgan fingerprint density at radius 3 is 2.67 bits per heavy atom. The zero-order valence-corrected chi connectivity index (χ0v) is 10.2. The van der Waals surface area contributed by atoms with Crippen molar-refractivity contribution in [3.05, 3.63) is 34.3 Å². The Balaban J connectivity index is 2.31. The van der Waals surface area contributed by atoms with Crippen molar-refractivity contribution < 1.29 is 14.1 Å². The van der Waals surface area contributed by atoms with Crippen molar-refractivity contribution >= 4 is 6.29 Å². The third-order valence-electron chi connectivity index (χ3n) is 3.93. The molecule has 18 heavy (non-hydrogen) atoms. The van der Waals surface area contributed by atoms with E-state index in [1.165, 1.54) is 6.26 Å². The molecule has 0 bridgehead atoms. The topological polar surface area (TPSA) is 73.3 Å². The van der Waals surface area contributed by atoms with Crippen molar-refractivity contribution in [1.82, 2.24) is 0 Å². The van der Waals surface area contributed by atoms with Gasteiger partial charge < -0.3 is 9.21 Å². The number of aldehydes is 1. The lowest BCUT2D eigenvalue weighted by Gasteiger charge is -2.36. The molecule has 0 radical (unpaired) electrons. The number of carbonyl (C=O) groups excluding carboxylic acids is 1. The van der Waals surface area contributed by atoms with Crippen molar-refractivity contribution in [3.63, 3.8) is 0 Å². The highest BCUT2D eigenvalue weighted by atomic mass is 16.6. The van der Waals surface area contributed by atoms with Crippen LogP contribution in [0.25, 0.3) is 0 Å². The van der Waals surface area contributed by atoms with Crippen LogP contribution in [0.1, 0.15) is 43.8 Å². The average molecular weight is 251 g/mol. The first-order valence-electron chi connectivity index (χ1n) is 6.29. The lowest BCUT2D eigenvalue weighted by Crippen LogP contribution is -2.36. The minimum atomic E-state index is -0.622. The number of rotatable bonds is 5. The lowest BCUT2D eigenvalue weighted by atomic mass is 9.66. The molecule has 0 saturated heterocycles. The van der Waals surface area contributed by atoms with E-state index < -0.39 is 11.3 Å². The second-order valence-electron chi connectivity index (χ2n) is 4.99. The van der Waals surface area contributed by atoms with E-state index in [0.29, 0.717) is 5.76 Å². The average Bonchev–Trinajstić information content (AvgIpc) is 2.90. The molecule has 98 valence electrons. The molecule has 0 aromatic carbocycles. The van der Waals surface area contributed by atoms with E-state index >= 15 is 0 Å². The summed E-state index contributed by atoms with van der Waals surface area (Å²) in [5, 5.41) is 10.9. The van der Waals surface area contributed by atoms with Crippen LogP contribution in [0.5, 0.6) is 0 Å². The molecule has 1 aliphatic rings. The molecule has 1 atom stereocenters. The Bertz CT molecular complexity index is 407. The Hall–Kier alpha value is -1.65. The first kappa shape index (κ1) is 12.8. The highest BCUT2D eigenvalue weighted by Gasteiger charge is 2.44. The third-order valence-corrected chi connectivity index (χ3v) is 3.93. The summed E-state index contributed by atoms with van der Waals surface area (Å²) in [7, 11) is 0. The molecule has 1 aromatic rings. The van der Waals surface area contributed by atoms with Crippen molar-refractivity contribution in [2.45, 2.75) is 38.0 Å². The molecule has 0 N–H and O–H groups in total. The number of hydrogen-bond acceptors (Lipinski definition) is 4. The van der Waals surface area contributed by atoms with Crippen molar-refractivity contribution in [2.24, 2.45) is 5.41 Å². The summed E-state index contributed by atoms with van der Waals surface area (Å²) in [6, 6.07) is 3.44. The highest BCUT2D eigenvalue weighted by molar-refractivity contribution is 5.61. The van der Waals surface area contributed by atoms with Crippen LogP contribution in [-0.2, 0) is 4.79 Å². The molecule has 1 heterocycles. The molecule has 0 amide bonds. The van der Waals surface area contributed by atoms with Gasteiger partial charge >= 0.3 is 0 Å². The minimum absolute atomic E-state index is 0.244. The van der Waals surface area contributed by atoms with E-state index in [-0.39, 0.29) is 11.5 Å². The fourth-order valence-corrected chi connectivity index (χ4v) is 2.95.